The van der Waals surface area contributed by atoms with Crippen LogP contribution in [0.15, 0.2) is 53.4 Å². The van der Waals surface area contributed by atoms with Gasteiger partial charge in [-0.1, -0.05) is 31.2 Å². The van der Waals surface area contributed by atoms with Gasteiger partial charge in [0.15, 0.2) is 12.4 Å². The Morgan fingerprint density at radius 3 is 2.61 bits per heavy atom. The van der Waals surface area contributed by atoms with Gasteiger partial charge >= 0.3 is 5.97 Å². The lowest BCUT2D eigenvalue weighted by Gasteiger charge is -2.10. The molecule has 1 heterocycles. The summed E-state index contributed by atoms with van der Waals surface area (Å²) in [6.45, 7) is 3.56. The van der Waals surface area contributed by atoms with E-state index in [1.807, 2.05) is 31.2 Å². The van der Waals surface area contributed by atoms with Crippen LogP contribution in [0, 0.1) is 6.92 Å². The fourth-order valence-corrected chi connectivity index (χ4v) is 3.76. The van der Waals surface area contributed by atoms with Crippen LogP contribution in [0.5, 0.6) is 0 Å². The number of aromatic nitrogens is 3. The number of nitrogens with zero attached hydrogens (tertiary/aromatic N) is 3. The number of carbonyl (C=O) groups is 1. The van der Waals surface area contributed by atoms with Gasteiger partial charge in [0.25, 0.3) is 0 Å². The van der Waals surface area contributed by atoms with Gasteiger partial charge in [0, 0.05) is 12.2 Å². The average Bonchev–Trinajstić information content (AvgIpc) is 2.73. The highest BCUT2D eigenvalue weighted by molar-refractivity contribution is 7.89. The molecule has 10 nitrogen and oxygen atoms in total. The maximum atomic E-state index is 12.4. The standard InChI is InChI=1S/C20H22N6O4S/c1-3-22-31(28,29)15-9-6-8-14(11-15)18(27)30-12-17-24-19(21)26-20(25-17)23-16-10-5-4-7-13(16)2/h4-11,22H,3,12H2,1-2H3,(H3,21,23,24,25,26). The summed E-state index contributed by atoms with van der Waals surface area (Å²) in [5.74, 6) is -0.392. The molecule has 0 atom stereocenters. The first-order chi connectivity index (χ1) is 14.8. The van der Waals surface area contributed by atoms with Crippen LogP contribution in [-0.4, -0.2) is 35.9 Å². The molecule has 0 saturated carbocycles. The molecule has 4 N–H and O–H groups in total. The third kappa shape index (κ3) is 5.74. The topological polar surface area (TPSA) is 149 Å². The molecule has 11 heteroatoms. The minimum Gasteiger partial charge on any atom is -0.454 e. The minimum absolute atomic E-state index is 0.0297. The predicted molar refractivity (Wildman–Crippen MR) is 115 cm³/mol. The molecule has 3 rings (SSSR count). The van der Waals surface area contributed by atoms with Gasteiger partial charge in [-0.05, 0) is 36.8 Å². The van der Waals surface area contributed by atoms with E-state index < -0.39 is 16.0 Å². The summed E-state index contributed by atoms with van der Waals surface area (Å²) in [7, 11) is -3.69. The van der Waals surface area contributed by atoms with Crippen molar-refractivity contribution >= 4 is 33.6 Å². The lowest BCUT2D eigenvalue weighted by atomic mass is 10.2. The highest BCUT2D eigenvalue weighted by Crippen LogP contribution is 2.18. The number of anilines is 3. The number of carbonyl (C=O) groups excluding carboxylic acids is 1. The molecule has 0 aliphatic heterocycles. The van der Waals surface area contributed by atoms with Gasteiger partial charge < -0.3 is 15.8 Å². The van der Waals surface area contributed by atoms with E-state index in [1.54, 1.807) is 6.92 Å². The number of aryl methyl sites for hydroxylation is 1. The summed E-state index contributed by atoms with van der Waals surface area (Å²) in [6.07, 6.45) is 0. The van der Waals surface area contributed by atoms with Gasteiger partial charge in [-0.25, -0.2) is 17.9 Å². The van der Waals surface area contributed by atoms with Crippen molar-refractivity contribution in [3.05, 3.63) is 65.5 Å². The molecule has 0 bridgehead atoms. The zero-order chi connectivity index (χ0) is 22.4. The zero-order valence-electron chi connectivity index (χ0n) is 17.0. The highest BCUT2D eigenvalue weighted by Gasteiger charge is 2.16. The third-order valence-corrected chi connectivity index (χ3v) is 5.68. The fraction of sp³-hybridized carbons (Fsp3) is 0.200. The van der Waals surface area contributed by atoms with Crippen molar-refractivity contribution in [3.63, 3.8) is 0 Å². The first-order valence-corrected chi connectivity index (χ1v) is 10.9. The van der Waals surface area contributed by atoms with Crippen LogP contribution in [0.3, 0.4) is 0 Å². The molecule has 0 unspecified atom stereocenters. The van der Waals surface area contributed by atoms with E-state index in [2.05, 4.69) is 25.0 Å². The molecule has 162 valence electrons. The fourth-order valence-electron chi connectivity index (χ4n) is 2.67. The highest BCUT2D eigenvalue weighted by atomic mass is 32.2. The van der Waals surface area contributed by atoms with Crippen molar-refractivity contribution in [2.75, 3.05) is 17.6 Å². The molecule has 0 saturated heterocycles. The predicted octanol–water partition coefficient (Wildman–Crippen LogP) is 2.16. The van der Waals surface area contributed by atoms with Crippen LogP contribution >= 0.6 is 0 Å². The van der Waals surface area contributed by atoms with Crippen LogP contribution in [0.1, 0.15) is 28.7 Å². The van der Waals surface area contributed by atoms with Crippen molar-refractivity contribution in [1.82, 2.24) is 19.7 Å². The van der Waals surface area contributed by atoms with Gasteiger partial charge in [-0.2, -0.15) is 15.0 Å². The molecular weight excluding hydrogens is 420 g/mol. The summed E-state index contributed by atoms with van der Waals surface area (Å²) in [5, 5.41) is 3.05. The van der Waals surface area contributed by atoms with Gasteiger partial charge in [0.1, 0.15) is 0 Å². The number of nitrogens with one attached hydrogen (secondary N) is 2. The Kier molecular flexibility index (Phi) is 6.78. The summed E-state index contributed by atoms with van der Waals surface area (Å²) in [4.78, 5) is 24.6. The third-order valence-electron chi connectivity index (χ3n) is 4.14. The average molecular weight is 443 g/mol. The second-order valence-corrected chi connectivity index (χ2v) is 8.25. The molecule has 0 amide bonds. The van der Waals surface area contributed by atoms with Gasteiger partial charge in [-0.15, -0.1) is 0 Å². The normalized spacial score (nSPS) is 11.2. The number of nitrogens with two attached hydrogens (primary N) is 1. The summed E-state index contributed by atoms with van der Waals surface area (Å²) in [6, 6.07) is 13.1. The van der Waals surface area contributed by atoms with E-state index in [0.29, 0.717) is 0 Å². The number of rotatable bonds is 8. The monoisotopic (exact) mass is 442 g/mol. The van der Waals surface area contributed by atoms with E-state index in [1.165, 1.54) is 24.3 Å². The molecule has 0 aliphatic rings. The van der Waals surface area contributed by atoms with Crippen LogP contribution in [0.4, 0.5) is 17.6 Å². The Bertz CT molecular complexity index is 1200. The Labute approximate surface area is 180 Å². The zero-order valence-corrected chi connectivity index (χ0v) is 17.8. The number of hydrogen-bond donors (Lipinski definition) is 3. The van der Waals surface area contributed by atoms with Crippen LogP contribution < -0.4 is 15.8 Å². The van der Waals surface area contributed by atoms with Crippen molar-refractivity contribution < 1.29 is 17.9 Å². The smallest absolute Gasteiger partial charge is 0.338 e. The molecule has 31 heavy (non-hydrogen) atoms. The maximum absolute atomic E-state index is 12.4. The van der Waals surface area contributed by atoms with E-state index in [-0.39, 0.29) is 41.3 Å². The number of benzene rings is 2. The summed E-state index contributed by atoms with van der Waals surface area (Å²) in [5.41, 5.74) is 7.62. The minimum atomic E-state index is -3.69. The van der Waals surface area contributed by atoms with Crippen LogP contribution in [0.25, 0.3) is 0 Å². The van der Waals surface area contributed by atoms with Gasteiger partial charge in [0.05, 0.1) is 10.5 Å². The molecule has 2 aromatic carbocycles. The van der Waals surface area contributed by atoms with E-state index >= 15 is 0 Å². The molecule has 0 spiro atoms. The Morgan fingerprint density at radius 1 is 1.10 bits per heavy atom. The lowest BCUT2D eigenvalue weighted by Crippen LogP contribution is -2.23. The van der Waals surface area contributed by atoms with E-state index in [0.717, 1.165) is 11.3 Å². The number of hydrogen-bond acceptors (Lipinski definition) is 9. The second-order valence-electron chi connectivity index (χ2n) is 6.48. The maximum Gasteiger partial charge on any atom is 0.338 e. The lowest BCUT2D eigenvalue weighted by molar-refractivity contribution is 0.0462. The molecule has 0 fully saturated rings. The van der Waals surface area contributed by atoms with Gasteiger partial charge in [0.2, 0.25) is 21.9 Å². The molecule has 0 radical (unpaired) electrons. The van der Waals surface area contributed by atoms with Crippen LogP contribution in [0.2, 0.25) is 0 Å². The van der Waals surface area contributed by atoms with E-state index in [4.69, 9.17) is 10.5 Å². The van der Waals surface area contributed by atoms with Crippen LogP contribution in [-0.2, 0) is 21.4 Å². The molecule has 0 aliphatic carbocycles. The largest absolute Gasteiger partial charge is 0.454 e. The quantitative estimate of drug-likeness (QED) is 0.446. The van der Waals surface area contributed by atoms with Crippen molar-refractivity contribution in [2.24, 2.45) is 0 Å². The number of nitrogen functional groups attached to an aromatic ring is 1. The number of para-hydroxylation sites is 1. The first-order valence-electron chi connectivity index (χ1n) is 9.38. The molecular formula is C20H22N6O4S. The van der Waals surface area contributed by atoms with Gasteiger partial charge in [-0.3, -0.25) is 0 Å². The second kappa shape index (κ2) is 9.49. The summed E-state index contributed by atoms with van der Waals surface area (Å²) < 4.78 is 31.9. The van der Waals surface area contributed by atoms with E-state index in [9.17, 15) is 13.2 Å². The van der Waals surface area contributed by atoms with Crippen molar-refractivity contribution in [2.45, 2.75) is 25.3 Å². The first kappa shape index (κ1) is 22.1. The number of sulfonamides is 1. The molecule has 3 aromatic rings. The Hall–Kier alpha value is -3.57. The number of esters is 1. The molecule has 1 aromatic heterocycles. The Morgan fingerprint density at radius 2 is 1.87 bits per heavy atom. The number of ether oxygens (including phenoxy) is 1. The van der Waals surface area contributed by atoms with Crippen molar-refractivity contribution in [1.29, 1.82) is 0 Å². The van der Waals surface area contributed by atoms with Crippen molar-refractivity contribution in [3.8, 4) is 0 Å². The summed E-state index contributed by atoms with van der Waals surface area (Å²) >= 11 is 0. The Balaban J connectivity index is 1.72. The SMILES string of the molecule is CCNS(=O)(=O)c1cccc(C(=O)OCc2nc(N)nc(Nc3ccccc3C)n2)c1.